The quantitative estimate of drug-likeness (QED) is 0.714. The summed E-state index contributed by atoms with van der Waals surface area (Å²) in [5.41, 5.74) is 6.14. The fourth-order valence-corrected chi connectivity index (χ4v) is 2.32. The van der Waals surface area contributed by atoms with Gasteiger partial charge in [0.2, 0.25) is 5.91 Å². The summed E-state index contributed by atoms with van der Waals surface area (Å²) in [6, 6.07) is 4.23. The molecular weight excluding hydrogens is 260 g/mol. The van der Waals surface area contributed by atoms with E-state index in [4.69, 9.17) is 15.6 Å². The Morgan fingerprint density at radius 1 is 1.45 bits per heavy atom. The highest BCUT2D eigenvalue weighted by atomic mass is 16.5. The van der Waals surface area contributed by atoms with E-state index in [-0.39, 0.29) is 29.2 Å². The number of amides is 1. The molecule has 2 rings (SSSR count). The third kappa shape index (κ3) is 2.91. The normalized spacial score (nSPS) is 16.2. The molecule has 1 saturated carbocycles. The Balaban J connectivity index is 2.02. The number of rotatable bonds is 5. The van der Waals surface area contributed by atoms with Crippen LogP contribution in [0.25, 0.3) is 0 Å². The second-order valence-corrected chi connectivity index (χ2v) is 5.07. The predicted molar refractivity (Wildman–Crippen MR) is 74.7 cm³/mol. The zero-order chi connectivity index (χ0) is 14.8. The fourth-order valence-electron chi connectivity index (χ4n) is 2.32. The van der Waals surface area contributed by atoms with Crippen LogP contribution in [0.5, 0.6) is 0 Å². The topological polar surface area (TPSA) is 102 Å². The number of carbonyl (C=O) groups is 2. The van der Waals surface area contributed by atoms with Gasteiger partial charge < -0.3 is 20.9 Å². The van der Waals surface area contributed by atoms with Crippen LogP contribution in [0.4, 0.5) is 11.4 Å². The largest absolute Gasteiger partial charge is 0.478 e. The summed E-state index contributed by atoms with van der Waals surface area (Å²) < 4.78 is 5.39. The Hall–Kier alpha value is -2.08. The second kappa shape index (κ2) is 5.50. The van der Waals surface area contributed by atoms with Crippen molar-refractivity contribution in [2.75, 3.05) is 18.2 Å². The first-order chi connectivity index (χ1) is 9.46. The molecule has 0 heterocycles. The zero-order valence-corrected chi connectivity index (χ0v) is 11.3. The molecule has 1 amide bonds. The molecule has 6 heteroatoms. The summed E-state index contributed by atoms with van der Waals surface area (Å²) in [6.45, 7) is 0. The molecular formula is C14H18N2O4. The number of carboxylic acids is 1. The van der Waals surface area contributed by atoms with Gasteiger partial charge >= 0.3 is 5.97 Å². The van der Waals surface area contributed by atoms with Crippen molar-refractivity contribution in [3.05, 3.63) is 23.8 Å². The number of hydrogen-bond donors (Lipinski definition) is 3. The van der Waals surface area contributed by atoms with E-state index < -0.39 is 5.97 Å². The lowest BCUT2D eigenvalue weighted by atomic mass is 9.77. The monoisotopic (exact) mass is 278 g/mol. The average molecular weight is 278 g/mol. The van der Waals surface area contributed by atoms with Crippen LogP contribution >= 0.6 is 0 Å². The first-order valence-corrected chi connectivity index (χ1v) is 6.44. The number of anilines is 2. The van der Waals surface area contributed by atoms with Crippen LogP contribution in [0.2, 0.25) is 0 Å². The van der Waals surface area contributed by atoms with Gasteiger partial charge in [0.25, 0.3) is 0 Å². The van der Waals surface area contributed by atoms with Crippen molar-refractivity contribution in [1.82, 2.24) is 0 Å². The van der Waals surface area contributed by atoms with E-state index >= 15 is 0 Å². The van der Waals surface area contributed by atoms with Crippen LogP contribution < -0.4 is 11.1 Å². The molecule has 0 bridgehead atoms. The first-order valence-electron chi connectivity index (χ1n) is 6.44. The van der Waals surface area contributed by atoms with Crippen molar-refractivity contribution in [2.24, 2.45) is 0 Å². The smallest absolute Gasteiger partial charge is 0.335 e. The third-order valence-electron chi connectivity index (χ3n) is 3.75. The van der Waals surface area contributed by atoms with Crippen molar-refractivity contribution in [3.8, 4) is 0 Å². The van der Waals surface area contributed by atoms with Gasteiger partial charge in [0, 0.05) is 7.11 Å². The maximum atomic E-state index is 12.0. The summed E-state index contributed by atoms with van der Waals surface area (Å²) in [4.78, 5) is 22.8. The highest BCUT2D eigenvalue weighted by Gasteiger charge is 2.39. The number of carboxylic acid groups (broad SMARTS) is 1. The third-order valence-corrected chi connectivity index (χ3v) is 3.75. The fraction of sp³-hybridized carbons (Fsp3) is 0.429. The molecule has 1 aliphatic rings. The van der Waals surface area contributed by atoms with Crippen LogP contribution in [0.15, 0.2) is 18.2 Å². The molecule has 0 atom stereocenters. The van der Waals surface area contributed by atoms with Crippen LogP contribution in [0, 0.1) is 0 Å². The molecule has 0 spiro atoms. The number of methoxy groups -OCH3 is 1. The Kier molecular flexibility index (Phi) is 3.94. The van der Waals surface area contributed by atoms with Gasteiger partial charge in [-0.05, 0) is 37.5 Å². The molecule has 0 radical (unpaired) electrons. The molecule has 0 aromatic heterocycles. The van der Waals surface area contributed by atoms with Crippen LogP contribution in [0.3, 0.4) is 0 Å². The van der Waals surface area contributed by atoms with E-state index in [0.29, 0.717) is 5.69 Å². The molecule has 108 valence electrons. The van der Waals surface area contributed by atoms with Crippen molar-refractivity contribution in [1.29, 1.82) is 0 Å². The molecule has 20 heavy (non-hydrogen) atoms. The van der Waals surface area contributed by atoms with Gasteiger partial charge in [-0.15, -0.1) is 0 Å². The van der Waals surface area contributed by atoms with Crippen molar-refractivity contribution in [2.45, 2.75) is 31.3 Å². The summed E-state index contributed by atoms with van der Waals surface area (Å²) in [6.07, 6.45) is 3.11. The van der Waals surface area contributed by atoms with Crippen LogP contribution in [-0.2, 0) is 9.53 Å². The number of ether oxygens (including phenoxy) is 1. The van der Waals surface area contributed by atoms with Crippen molar-refractivity contribution in [3.63, 3.8) is 0 Å². The van der Waals surface area contributed by atoms with Crippen LogP contribution in [-0.4, -0.2) is 29.7 Å². The lowest BCUT2D eigenvalue weighted by molar-refractivity contribution is -0.129. The molecule has 1 aromatic rings. The molecule has 6 nitrogen and oxygen atoms in total. The minimum absolute atomic E-state index is 0.0906. The first kappa shape index (κ1) is 14.3. The van der Waals surface area contributed by atoms with Gasteiger partial charge in [-0.3, -0.25) is 4.79 Å². The van der Waals surface area contributed by atoms with Crippen molar-refractivity contribution < 1.29 is 19.4 Å². The van der Waals surface area contributed by atoms with E-state index in [0.717, 1.165) is 19.3 Å². The van der Waals surface area contributed by atoms with Gasteiger partial charge in [-0.25, -0.2) is 4.79 Å². The van der Waals surface area contributed by atoms with Gasteiger partial charge in [-0.2, -0.15) is 0 Å². The number of nitrogens with two attached hydrogens (primary N) is 1. The number of benzene rings is 1. The summed E-state index contributed by atoms with van der Waals surface area (Å²) >= 11 is 0. The lowest BCUT2D eigenvalue weighted by Crippen LogP contribution is -2.42. The number of nitrogen functional groups attached to an aromatic ring is 1. The standard InChI is InChI=1S/C14H18N2O4/c1-20-14(5-2-6-14)8-12(17)16-11-4-3-9(13(18)19)7-10(11)15/h3-4,7H,2,5-6,8,15H2,1H3,(H,16,17)(H,18,19). The van der Waals surface area contributed by atoms with E-state index in [1.54, 1.807) is 7.11 Å². The number of carbonyl (C=O) groups excluding carboxylic acids is 1. The minimum atomic E-state index is -1.05. The SMILES string of the molecule is COC1(CC(=O)Nc2ccc(C(=O)O)cc2N)CCC1. The Bertz CT molecular complexity index is 532. The average Bonchev–Trinajstić information content (AvgIpc) is 2.36. The van der Waals surface area contributed by atoms with E-state index in [9.17, 15) is 9.59 Å². The maximum Gasteiger partial charge on any atom is 0.335 e. The Morgan fingerprint density at radius 3 is 2.60 bits per heavy atom. The summed E-state index contributed by atoms with van der Waals surface area (Å²) in [7, 11) is 1.61. The molecule has 1 aromatic carbocycles. The molecule has 0 aliphatic heterocycles. The number of nitrogens with one attached hydrogen (secondary N) is 1. The van der Waals surface area contributed by atoms with Gasteiger partial charge in [-0.1, -0.05) is 0 Å². The Labute approximate surface area is 116 Å². The number of aromatic carboxylic acids is 1. The van der Waals surface area contributed by atoms with Crippen molar-refractivity contribution >= 4 is 23.3 Å². The minimum Gasteiger partial charge on any atom is -0.478 e. The highest BCUT2D eigenvalue weighted by molar-refractivity contribution is 5.96. The van der Waals surface area contributed by atoms with Gasteiger partial charge in [0.05, 0.1) is 29.0 Å². The number of hydrogen-bond acceptors (Lipinski definition) is 4. The second-order valence-electron chi connectivity index (χ2n) is 5.07. The summed E-state index contributed by atoms with van der Waals surface area (Å²) in [5.74, 6) is -1.23. The lowest BCUT2D eigenvalue weighted by Gasteiger charge is -2.39. The van der Waals surface area contributed by atoms with Crippen LogP contribution in [0.1, 0.15) is 36.0 Å². The summed E-state index contributed by atoms with van der Waals surface area (Å²) in [5, 5.41) is 11.5. The molecule has 4 N–H and O–H groups in total. The predicted octanol–water partition coefficient (Wildman–Crippen LogP) is 1.86. The highest BCUT2D eigenvalue weighted by Crippen LogP contribution is 2.38. The Morgan fingerprint density at radius 2 is 2.15 bits per heavy atom. The molecule has 1 aliphatic carbocycles. The molecule has 0 saturated heterocycles. The van der Waals surface area contributed by atoms with Gasteiger partial charge in [0.15, 0.2) is 0 Å². The van der Waals surface area contributed by atoms with E-state index in [1.807, 2.05) is 0 Å². The van der Waals surface area contributed by atoms with Gasteiger partial charge in [0.1, 0.15) is 0 Å². The van der Waals surface area contributed by atoms with E-state index in [2.05, 4.69) is 5.32 Å². The molecule has 0 unspecified atom stereocenters. The van der Waals surface area contributed by atoms with E-state index in [1.165, 1.54) is 18.2 Å². The molecule has 1 fully saturated rings. The zero-order valence-electron chi connectivity index (χ0n) is 11.3. The maximum absolute atomic E-state index is 12.0.